The summed E-state index contributed by atoms with van der Waals surface area (Å²) in [6, 6.07) is 21.1. The van der Waals surface area contributed by atoms with Gasteiger partial charge in [-0.3, -0.25) is 4.98 Å². The van der Waals surface area contributed by atoms with Gasteiger partial charge in [-0.2, -0.15) is 5.10 Å². The monoisotopic (exact) mass is 426 g/mol. The normalized spacial score (nSPS) is 10.9. The Morgan fingerprint density at radius 2 is 1.75 bits per heavy atom. The van der Waals surface area contributed by atoms with Gasteiger partial charge in [-0.1, -0.05) is 67.9 Å². The van der Waals surface area contributed by atoms with Gasteiger partial charge in [0.05, 0.1) is 5.56 Å². The van der Waals surface area contributed by atoms with Crippen molar-refractivity contribution in [3.63, 3.8) is 0 Å². The molecule has 0 aliphatic rings. The molecule has 2 heterocycles. The molecule has 0 aliphatic carbocycles. The maximum absolute atomic E-state index is 11.5. The molecule has 0 radical (unpaired) electrons. The molecule has 0 saturated heterocycles. The van der Waals surface area contributed by atoms with E-state index in [2.05, 4.69) is 24.0 Å². The number of hydrogen-bond acceptors (Lipinski definition) is 4. The third-order valence-corrected chi connectivity index (χ3v) is 5.35. The second-order valence-electron chi connectivity index (χ2n) is 7.75. The molecule has 6 nitrogen and oxygen atoms in total. The van der Waals surface area contributed by atoms with Gasteiger partial charge in [0.15, 0.2) is 5.82 Å². The van der Waals surface area contributed by atoms with Crippen LogP contribution in [0.2, 0.25) is 0 Å². The van der Waals surface area contributed by atoms with Gasteiger partial charge in [0, 0.05) is 36.8 Å². The average molecular weight is 427 g/mol. The molecule has 162 valence electrons. The minimum Gasteiger partial charge on any atom is -0.478 e. The van der Waals surface area contributed by atoms with E-state index in [0.717, 1.165) is 42.3 Å². The van der Waals surface area contributed by atoms with Crippen molar-refractivity contribution >= 4 is 5.97 Å². The maximum atomic E-state index is 11.5. The summed E-state index contributed by atoms with van der Waals surface area (Å²) in [4.78, 5) is 20.9. The van der Waals surface area contributed by atoms with E-state index in [-0.39, 0.29) is 5.56 Å². The first-order valence-corrected chi connectivity index (χ1v) is 10.9. The minimum absolute atomic E-state index is 0.270. The highest BCUT2D eigenvalue weighted by Gasteiger charge is 2.14. The summed E-state index contributed by atoms with van der Waals surface area (Å²) < 4.78 is 2.00. The van der Waals surface area contributed by atoms with Crippen LogP contribution in [-0.4, -0.2) is 30.8 Å². The summed E-state index contributed by atoms with van der Waals surface area (Å²) in [6.07, 6.45) is 5.13. The van der Waals surface area contributed by atoms with Crippen LogP contribution >= 0.6 is 0 Å². The van der Waals surface area contributed by atoms with E-state index in [9.17, 15) is 9.90 Å². The van der Waals surface area contributed by atoms with Crippen molar-refractivity contribution in [1.29, 1.82) is 0 Å². The molecular weight excluding hydrogens is 400 g/mol. The van der Waals surface area contributed by atoms with Crippen molar-refractivity contribution in [2.45, 2.75) is 39.2 Å². The van der Waals surface area contributed by atoms with Crippen molar-refractivity contribution in [1.82, 2.24) is 19.7 Å². The SMILES string of the molecule is CCCCn1nc(Cc2ccccc2)nc1Cc1ccc(-c2ccccc2C(=O)O)cn1. The van der Waals surface area contributed by atoms with Crippen molar-refractivity contribution in [2.75, 3.05) is 0 Å². The minimum atomic E-state index is -0.945. The lowest BCUT2D eigenvalue weighted by molar-refractivity contribution is 0.0697. The Morgan fingerprint density at radius 3 is 2.47 bits per heavy atom. The molecule has 0 saturated carbocycles. The fraction of sp³-hybridized carbons (Fsp3) is 0.231. The van der Waals surface area contributed by atoms with Crippen molar-refractivity contribution in [3.05, 3.63) is 101 Å². The van der Waals surface area contributed by atoms with Crippen LogP contribution in [0.5, 0.6) is 0 Å². The van der Waals surface area contributed by atoms with Crippen LogP contribution in [0.25, 0.3) is 11.1 Å². The zero-order valence-corrected chi connectivity index (χ0v) is 18.1. The largest absolute Gasteiger partial charge is 0.478 e. The zero-order chi connectivity index (χ0) is 22.3. The summed E-state index contributed by atoms with van der Waals surface area (Å²) in [7, 11) is 0. The molecule has 2 aromatic carbocycles. The van der Waals surface area contributed by atoms with E-state index < -0.39 is 5.97 Å². The molecule has 2 aromatic heterocycles. The predicted octanol–water partition coefficient (Wildman–Crippen LogP) is 5.02. The van der Waals surface area contributed by atoms with E-state index in [1.54, 1.807) is 24.4 Å². The topological polar surface area (TPSA) is 80.9 Å². The number of carboxylic acid groups (broad SMARTS) is 1. The van der Waals surface area contributed by atoms with Crippen molar-refractivity contribution in [3.8, 4) is 11.1 Å². The second-order valence-corrected chi connectivity index (χ2v) is 7.75. The maximum Gasteiger partial charge on any atom is 0.336 e. The Hall–Kier alpha value is -3.80. The van der Waals surface area contributed by atoms with E-state index in [1.165, 1.54) is 5.56 Å². The van der Waals surface area contributed by atoms with Crippen LogP contribution in [0.3, 0.4) is 0 Å². The predicted molar refractivity (Wildman–Crippen MR) is 124 cm³/mol. The van der Waals surface area contributed by atoms with Gasteiger partial charge in [0.1, 0.15) is 5.82 Å². The highest BCUT2D eigenvalue weighted by molar-refractivity contribution is 5.95. The van der Waals surface area contributed by atoms with Gasteiger partial charge in [0.25, 0.3) is 0 Å². The summed E-state index contributed by atoms with van der Waals surface area (Å²) in [5, 5.41) is 14.2. The molecule has 0 amide bonds. The number of aromatic nitrogens is 4. The van der Waals surface area contributed by atoms with Crippen LogP contribution in [0, 0.1) is 0 Å². The summed E-state index contributed by atoms with van der Waals surface area (Å²) in [5.41, 5.74) is 3.77. The molecular formula is C26H26N4O2. The third kappa shape index (κ3) is 5.09. The van der Waals surface area contributed by atoms with Crippen LogP contribution < -0.4 is 0 Å². The molecule has 32 heavy (non-hydrogen) atoms. The molecule has 0 aliphatic heterocycles. The number of unbranched alkanes of at least 4 members (excludes halogenated alkanes) is 1. The Labute approximate surface area is 187 Å². The van der Waals surface area contributed by atoms with Crippen LogP contribution in [0.4, 0.5) is 0 Å². The number of carbonyl (C=O) groups is 1. The van der Waals surface area contributed by atoms with Crippen LogP contribution in [-0.2, 0) is 19.4 Å². The van der Waals surface area contributed by atoms with Gasteiger partial charge < -0.3 is 5.11 Å². The Morgan fingerprint density at radius 1 is 0.969 bits per heavy atom. The first-order chi connectivity index (χ1) is 15.6. The molecule has 0 bridgehead atoms. The Kier molecular flexibility index (Phi) is 6.70. The van der Waals surface area contributed by atoms with Gasteiger partial charge in [-0.05, 0) is 29.7 Å². The number of aromatic carboxylic acids is 1. The van der Waals surface area contributed by atoms with E-state index in [1.807, 2.05) is 41.1 Å². The fourth-order valence-electron chi connectivity index (χ4n) is 3.67. The average Bonchev–Trinajstić information content (AvgIpc) is 3.19. The Bertz CT molecular complexity index is 1180. The molecule has 1 N–H and O–H groups in total. The van der Waals surface area contributed by atoms with Gasteiger partial charge in [0.2, 0.25) is 0 Å². The smallest absolute Gasteiger partial charge is 0.336 e. The van der Waals surface area contributed by atoms with E-state index in [4.69, 9.17) is 10.1 Å². The van der Waals surface area contributed by atoms with E-state index >= 15 is 0 Å². The number of pyridine rings is 1. The van der Waals surface area contributed by atoms with Gasteiger partial charge in [-0.15, -0.1) is 0 Å². The van der Waals surface area contributed by atoms with Crippen LogP contribution in [0.15, 0.2) is 72.9 Å². The lowest BCUT2D eigenvalue weighted by atomic mass is 10.0. The molecule has 6 heteroatoms. The second kappa shape index (κ2) is 10.0. The summed E-state index contributed by atoms with van der Waals surface area (Å²) in [6.45, 7) is 2.99. The lowest BCUT2D eigenvalue weighted by Gasteiger charge is -2.08. The zero-order valence-electron chi connectivity index (χ0n) is 18.1. The summed E-state index contributed by atoms with van der Waals surface area (Å²) in [5.74, 6) is 0.768. The quantitative estimate of drug-likeness (QED) is 0.406. The van der Waals surface area contributed by atoms with Gasteiger partial charge >= 0.3 is 5.97 Å². The number of hydrogen-bond donors (Lipinski definition) is 1. The summed E-state index contributed by atoms with van der Waals surface area (Å²) >= 11 is 0. The molecule has 0 spiro atoms. The standard InChI is InChI=1S/C26H26N4O2/c1-2-3-15-30-25(28-24(29-30)16-19-9-5-4-6-10-19)17-21-14-13-20(18-27-21)22-11-7-8-12-23(22)26(31)32/h4-14,18H,2-3,15-17H2,1H3,(H,31,32). The Balaban J connectivity index is 1.56. The van der Waals surface area contributed by atoms with Gasteiger partial charge in [-0.25, -0.2) is 14.5 Å². The lowest BCUT2D eigenvalue weighted by Crippen LogP contribution is -2.07. The molecule has 4 aromatic rings. The highest BCUT2D eigenvalue weighted by Crippen LogP contribution is 2.23. The van der Waals surface area contributed by atoms with Crippen molar-refractivity contribution in [2.24, 2.45) is 0 Å². The molecule has 4 rings (SSSR count). The fourth-order valence-corrected chi connectivity index (χ4v) is 3.67. The van der Waals surface area contributed by atoms with Crippen LogP contribution in [0.1, 0.15) is 53.0 Å². The first-order valence-electron chi connectivity index (χ1n) is 10.9. The number of aryl methyl sites for hydroxylation is 1. The number of nitrogens with zero attached hydrogens (tertiary/aromatic N) is 4. The molecule has 0 atom stereocenters. The molecule has 0 fully saturated rings. The molecule has 0 unspecified atom stereocenters. The third-order valence-electron chi connectivity index (χ3n) is 5.35. The number of benzene rings is 2. The number of carboxylic acids is 1. The highest BCUT2D eigenvalue weighted by atomic mass is 16.4. The number of rotatable bonds is 9. The first kappa shape index (κ1) is 21.4. The van der Waals surface area contributed by atoms with E-state index in [0.29, 0.717) is 18.4 Å². The van der Waals surface area contributed by atoms with Crippen molar-refractivity contribution < 1.29 is 9.90 Å².